The molecule has 1 heterocycles. The minimum absolute atomic E-state index is 0.106. The summed E-state index contributed by atoms with van der Waals surface area (Å²) in [6, 6.07) is 0. The zero-order valence-electron chi connectivity index (χ0n) is 14.6. The van der Waals surface area contributed by atoms with E-state index in [0.717, 1.165) is 38.9 Å². The van der Waals surface area contributed by atoms with Crippen molar-refractivity contribution in [1.82, 2.24) is 10.2 Å². The molecule has 0 aromatic rings. The highest BCUT2D eigenvalue weighted by molar-refractivity contribution is 5.80. The second-order valence-corrected chi connectivity index (χ2v) is 5.72. The van der Waals surface area contributed by atoms with E-state index in [1.165, 1.54) is 0 Å². The van der Waals surface area contributed by atoms with Crippen molar-refractivity contribution in [3.8, 4) is 0 Å². The molecule has 1 aliphatic rings. The van der Waals surface area contributed by atoms with Crippen molar-refractivity contribution in [1.29, 1.82) is 0 Å². The van der Waals surface area contributed by atoms with Crippen molar-refractivity contribution in [3.63, 3.8) is 0 Å². The van der Waals surface area contributed by atoms with Crippen LogP contribution in [-0.4, -0.2) is 42.8 Å². The summed E-state index contributed by atoms with van der Waals surface area (Å²) < 4.78 is 0. The summed E-state index contributed by atoms with van der Waals surface area (Å²) in [5.41, 5.74) is 0. The SMILES string of the molecule is CC.CCN1CCC(C(=O)NCCCC(=O)C(C)C)CC1. The standard InChI is InChI=1S/C15H28N2O2.C2H6/c1-4-17-10-7-13(8-11-17)15(19)16-9-5-6-14(18)12(2)3;1-2/h12-13H,4-11H2,1-3H3,(H,16,19);1-2H3. The molecule has 1 fully saturated rings. The van der Waals surface area contributed by atoms with Gasteiger partial charge in [0.15, 0.2) is 0 Å². The number of likely N-dealkylation sites (tertiary alicyclic amines) is 1. The molecule has 0 atom stereocenters. The fourth-order valence-electron chi connectivity index (χ4n) is 2.42. The van der Waals surface area contributed by atoms with Crippen LogP contribution in [-0.2, 0) is 9.59 Å². The number of hydrogen-bond acceptors (Lipinski definition) is 3. The number of carbonyl (C=O) groups is 2. The van der Waals surface area contributed by atoms with Gasteiger partial charge in [0.1, 0.15) is 5.78 Å². The van der Waals surface area contributed by atoms with Crippen LogP contribution in [0.5, 0.6) is 0 Å². The average Bonchev–Trinajstić information content (AvgIpc) is 2.53. The van der Waals surface area contributed by atoms with Crippen molar-refractivity contribution in [2.75, 3.05) is 26.2 Å². The normalized spacial score (nSPS) is 16.3. The second kappa shape index (κ2) is 11.7. The van der Waals surface area contributed by atoms with E-state index < -0.39 is 0 Å². The van der Waals surface area contributed by atoms with Crippen molar-refractivity contribution >= 4 is 11.7 Å². The summed E-state index contributed by atoms with van der Waals surface area (Å²) >= 11 is 0. The molecule has 1 saturated heterocycles. The van der Waals surface area contributed by atoms with E-state index in [9.17, 15) is 9.59 Å². The Balaban J connectivity index is 0.00000191. The van der Waals surface area contributed by atoms with Gasteiger partial charge in [-0.1, -0.05) is 34.6 Å². The van der Waals surface area contributed by atoms with Crippen molar-refractivity contribution < 1.29 is 9.59 Å². The molecule has 0 unspecified atom stereocenters. The second-order valence-electron chi connectivity index (χ2n) is 5.72. The predicted molar refractivity (Wildman–Crippen MR) is 88.3 cm³/mol. The van der Waals surface area contributed by atoms with E-state index in [-0.39, 0.29) is 23.5 Å². The lowest BCUT2D eigenvalue weighted by Crippen LogP contribution is -2.40. The maximum atomic E-state index is 12.0. The van der Waals surface area contributed by atoms with Gasteiger partial charge < -0.3 is 10.2 Å². The lowest BCUT2D eigenvalue weighted by Gasteiger charge is -2.30. The molecule has 0 spiro atoms. The first-order valence-electron chi connectivity index (χ1n) is 8.57. The van der Waals surface area contributed by atoms with Gasteiger partial charge in [-0.15, -0.1) is 0 Å². The van der Waals surface area contributed by atoms with Crippen LogP contribution in [0.3, 0.4) is 0 Å². The molecule has 1 amide bonds. The van der Waals surface area contributed by atoms with Gasteiger partial charge in [0.05, 0.1) is 0 Å². The van der Waals surface area contributed by atoms with Gasteiger partial charge in [-0.2, -0.15) is 0 Å². The van der Waals surface area contributed by atoms with E-state index in [0.29, 0.717) is 13.0 Å². The minimum atomic E-state index is 0.106. The Kier molecular flexibility index (Phi) is 11.2. The number of amides is 1. The quantitative estimate of drug-likeness (QED) is 0.735. The first-order chi connectivity index (χ1) is 10.0. The molecule has 1 rings (SSSR count). The van der Waals surface area contributed by atoms with E-state index in [1.807, 2.05) is 27.7 Å². The average molecular weight is 298 g/mol. The van der Waals surface area contributed by atoms with Crippen LogP contribution in [0.15, 0.2) is 0 Å². The fourth-order valence-corrected chi connectivity index (χ4v) is 2.42. The maximum Gasteiger partial charge on any atom is 0.223 e. The molecular formula is C17H34N2O2. The van der Waals surface area contributed by atoms with Crippen LogP contribution in [0, 0.1) is 11.8 Å². The Morgan fingerprint density at radius 2 is 1.76 bits per heavy atom. The first-order valence-corrected chi connectivity index (χ1v) is 8.57. The smallest absolute Gasteiger partial charge is 0.223 e. The van der Waals surface area contributed by atoms with E-state index >= 15 is 0 Å². The summed E-state index contributed by atoms with van der Waals surface area (Å²) in [6.45, 7) is 13.8. The molecule has 4 nitrogen and oxygen atoms in total. The highest BCUT2D eigenvalue weighted by Crippen LogP contribution is 2.16. The van der Waals surface area contributed by atoms with E-state index in [4.69, 9.17) is 0 Å². The Labute approximate surface area is 130 Å². The molecule has 0 bridgehead atoms. The number of nitrogens with zero attached hydrogens (tertiary/aromatic N) is 1. The third-order valence-corrected chi connectivity index (χ3v) is 3.95. The molecule has 21 heavy (non-hydrogen) atoms. The molecule has 0 aromatic heterocycles. The monoisotopic (exact) mass is 298 g/mol. The fraction of sp³-hybridized carbons (Fsp3) is 0.882. The largest absolute Gasteiger partial charge is 0.356 e. The number of piperidine rings is 1. The number of nitrogens with one attached hydrogen (secondary N) is 1. The molecule has 0 aromatic carbocycles. The summed E-state index contributed by atoms with van der Waals surface area (Å²) in [7, 11) is 0. The molecule has 1 aliphatic heterocycles. The molecule has 0 saturated carbocycles. The Bertz CT molecular complexity index is 295. The highest BCUT2D eigenvalue weighted by Gasteiger charge is 2.23. The number of ketones is 1. The van der Waals surface area contributed by atoms with Gasteiger partial charge in [-0.25, -0.2) is 0 Å². The molecule has 1 N–H and O–H groups in total. The molecule has 124 valence electrons. The zero-order chi connectivity index (χ0) is 16.3. The van der Waals surface area contributed by atoms with Crippen LogP contribution in [0.4, 0.5) is 0 Å². The van der Waals surface area contributed by atoms with Crippen molar-refractivity contribution in [2.24, 2.45) is 11.8 Å². The highest BCUT2D eigenvalue weighted by atomic mass is 16.2. The van der Waals surface area contributed by atoms with Crippen LogP contribution < -0.4 is 5.32 Å². The van der Waals surface area contributed by atoms with Crippen LogP contribution in [0.25, 0.3) is 0 Å². The summed E-state index contributed by atoms with van der Waals surface area (Å²) in [5.74, 6) is 0.732. The van der Waals surface area contributed by atoms with Gasteiger partial charge in [-0.05, 0) is 38.9 Å². The van der Waals surface area contributed by atoms with Gasteiger partial charge in [0.2, 0.25) is 5.91 Å². The van der Waals surface area contributed by atoms with Gasteiger partial charge in [-0.3, -0.25) is 9.59 Å². The molecule has 4 heteroatoms. The minimum Gasteiger partial charge on any atom is -0.356 e. The lowest BCUT2D eigenvalue weighted by atomic mass is 9.96. The molecular weight excluding hydrogens is 264 g/mol. The van der Waals surface area contributed by atoms with Gasteiger partial charge in [0, 0.05) is 24.8 Å². The Morgan fingerprint density at radius 3 is 2.24 bits per heavy atom. The predicted octanol–water partition coefficient (Wildman–Crippen LogP) is 2.87. The third-order valence-electron chi connectivity index (χ3n) is 3.95. The van der Waals surface area contributed by atoms with Crippen LogP contribution >= 0.6 is 0 Å². The summed E-state index contributed by atoms with van der Waals surface area (Å²) in [4.78, 5) is 25.8. The maximum absolute atomic E-state index is 12.0. The zero-order valence-corrected chi connectivity index (χ0v) is 14.6. The van der Waals surface area contributed by atoms with Gasteiger partial charge >= 0.3 is 0 Å². The Morgan fingerprint density at radius 1 is 1.19 bits per heavy atom. The third kappa shape index (κ3) is 8.20. The number of carbonyl (C=O) groups excluding carboxylic acids is 2. The van der Waals surface area contributed by atoms with Crippen LogP contribution in [0.1, 0.15) is 60.3 Å². The topological polar surface area (TPSA) is 49.4 Å². The number of Topliss-reactive ketones (excluding diaryl/α,β-unsaturated/α-hetero) is 1. The van der Waals surface area contributed by atoms with E-state index in [2.05, 4.69) is 17.1 Å². The number of hydrogen-bond donors (Lipinski definition) is 1. The lowest BCUT2D eigenvalue weighted by molar-refractivity contribution is -0.127. The van der Waals surface area contributed by atoms with Crippen molar-refractivity contribution in [2.45, 2.75) is 60.3 Å². The number of rotatable bonds is 7. The van der Waals surface area contributed by atoms with Gasteiger partial charge in [0.25, 0.3) is 0 Å². The summed E-state index contributed by atoms with van der Waals surface area (Å²) in [6.07, 6.45) is 3.26. The summed E-state index contributed by atoms with van der Waals surface area (Å²) in [5, 5.41) is 2.97. The van der Waals surface area contributed by atoms with E-state index in [1.54, 1.807) is 0 Å². The molecule has 0 radical (unpaired) electrons. The van der Waals surface area contributed by atoms with Crippen molar-refractivity contribution in [3.05, 3.63) is 0 Å². The van der Waals surface area contributed by atoms with Crippen LogP contribution in [0.2, 0.25) is 0 Å². The molecule has 0 aliphatic carbocycles. The first kappa shape index (κ1) is 20.1. The Hall–Kier alpha value is -0.900.